The van der Waals surface area contributed by atoms with Gasteiger partial charge in [-0.3, -0.25) is 10.1 Å². The van der Waals surface area contributed by atoms with Crippen LogP contribution in [-0.4, -0.2) is 20.2 Å². The van der Waals surface area contributed by atoms with Crippen LogP contribution in [0.2, 0.25) is 0 Å². The van der Waals surface area contributed by atoms with Gasteiger partial charge in [0.1, 0.15) is 5.69 Å². The number of rotatable bonds is 3. The van der Waals surface area contributed by atoms with Gasteiger partial charge in [0.15, 0.2) is 0 Å². The number of pyridine rings is 2. The minimum absolute atomic E-state index is 0.586. The Morgan fingerprint density at radius 1 is 1.17 bits per heavy atom. The summed E-state index contributed by atoms with van der Waals surface area (Å²) in [4.78, 5) is 9.22. The SMILES string of the molecule is C=c1ccc(-c2c[nH]nc2-c2cccc(C)n2)n/c1=C(N)/C=C\C. The van der Waals surface area contributed by atoms with Gasteiger partial charge in [-0.15, -0.1) is 0 Å². The molecule has 3 aromatic rings. The minimum atomic E-state index is 0.586. The topological polar surface area (TPSA) is 80.5 Å². The molecule has 0 spiro atoms. The molecule has 0 saturated heterocycles. The lowest BCUT2D eigenvalue weighted by Gasteiger charge is -2.04. The first-order valence-corrected chi connectivity index (χ1v) is 7.67. The summed E-state index contributed by atoms with van der Waals surface area (Å²) in [5.74, 6) is 0. The van der Waals surface area contributed by atoms with Crippen molar-refractivity contribution in [3.8, 4) is 22.6 Å². The van der Waals surface area contributed by atoms with Gasteiger partial charge >= 0.3 is 0 Å². The number of nitrogens with zero attached hydrogens (tertiary/aromatic N) is 3. The number of hydrogen-bond donors (Lipinski definition) is 2. The quantitative estimate of drug-likeness (QED) is 0.773. The predicted octanol–water partition coefficient (Wildman–Crippen LogP) is 1.90. The summed E-state index contributed by atoms with van der Waals surface area (Å²) in [5.41, 5.74) is 10.8. The summed E-state index contributed by atoms with van der Waals surface area (Å²) < 4.78 is 0. The summed E-state index contributed by atoms with van der Waals surface area (Å²) in [6.45, 7) is 7.87. The summed E-state index contributed by atoms with van der Waals surface area (Å²) in [6.07, 6.45) is 5.52. The second-order valence-corrected chi connectivity index (χ2v) is 5.47. The molecule has 0 saturated carbocycles. The monoisotopic (exact) mass is 317 g/mol. The molecule has 0 aromatic carbocycles. The summed E-state index contributed by atoms with van der Waals surface area (Å²) in [7, 11) is 0. The average Bonchev–Trinajstić information content (AvgIpc) is 3.05. The number of hydrogen-bond acceptors (Lipinski definition) is 4. The maximum absolute atomic E-state index is 6.09. The van der Waals surface area contributed by atoms with Crippen molar-refractivity contribution in [2.24, 2.45) is 5.73 Å². The van der Waals surface area contributed by atoms with E-state index in [0.717, 1.165) is 33.6 Å². The molecular weight excluding hydrogens is 298 g/mol. The van der Waals surface area contributed by atoms with Crippen molar-refractivity contribution in [3.05, 3.63) is 64.9 Å². The number of aromatic nitrogens is 4. The van der Waals surface area contributed by atoms with E-state index in [-0.39, 0.29) is 0 Å². The van der Waals surface area contributed by atoms with Crippen molar-refractivity contribution in [2.75, 3.05) is 0 Å². The van der Waals surface area contributed by atoms with E-state index in [4.69, 9.17) is 5.73 Å². The van der Waals surface area contributed by atoms with Gasteiger partial charge < -0.3 is 5.73 Å². The van der Waals surface area contributed by atoms with E-state index in [0.29, 0.717) is 11.0 Å². The van der Waals surface area contributed by atoms with E-state index in [1.165, 1.54) is 0 Å². The van der Waals surface area contributed by atoms with E-state index >= 15 is 0 Å². The fourth-order valence-corrected chi connectivity index (χ4v) is 2.50. The van der Waals surface area contributed by atoms with E-state index in [2.05, 4.69) is 26.7 Å². The van der Waals surface area contributed by atoms with Crippen LogP contribution in [0, 0.1) is 6.92 Å². The number of allylic oxidation sites excluding steroid dienone is 1. The molecule has 5 nitrogen and oxygen atoms in total. The van der Waals surface area contributed by atoms with Crippen LogP contribution in [0.25, 0.3) is 34.9 Å². The fraction of sp³-hybridized carbons (Fsp3) is 0.105. The highest BCUT2D eigenvalue weighted by atomic mass is 15.1. The van der Waals surface area contributed by atoms with Crippen molar-refractivity contribution >= 4 is 12.3 Å². The molecule has 3 N–H and O–H groups in total. The highest BCUT2D eigenvalue weighted by Crippen LogP contribution is 2.26. The second kappa shape index (κ2) is 6.50. The van der Waals surface area contributed by atoms with Crippen LogP contribution in [0.1, 0.15) is 12.6 Å². The highest BCUT2D eigenvalue weighted by Gasteiger charge is 2.13. The molecule has 0 fully saturated rings. The summed E-state index contributed by atoms with van der Waals surface area (Å²) in [6, 6.07) is 9.68. The number of aryl methyl sites for hydroxylation is 1. The average molecular weight is 317 g/mol. The normalized spacial score (nSPS) is 12.6. The second-order valence-electron chi connectivity index (χ2n) is 5.47. The first kappa shape index (κ1) is 15.7. The van der Waals surface area contributed by atoms with E-state index in [1.54, 1.807) is 0 Å². The van der Waals surface area contributed by atoms with Crippen molar-refractivity contribution in [2.45, 2.75) is 13.8 Å². The van der Waals surface area contributed by atoms with Gasteiger partial charge in [-0.1, -0.05) is 24.8 Å². The lowest BCUT2D eigenvalue weighted by atomic mass is 10.1. The van der Waals surface area contributed by atoms with E-state index in [1.807, 2.05) is 62.5 Å². The predicted molar refractivity (Wildman–Crippen MR) is 97.0 cm³/mol. The molecule has 0 unspecified atom stereocenters. The zero-order valence-electron chi connectivity index (χ0n) is 13.7. The van der Waals surface area contributed by atoms with Crippen LogP contribution < -0.4 is 16.3 Å². The molecule has 3 heterocycles. The molecular formula is C19H19N5. The molecule has 120 valence electrons. The lowest BCUT2D eigenvalue weighted by Crippen LogP contribution is -2.31. The van der Waals surface area contributed by atoms with E-state index < -0.39 is 0 Å². The Hall–Kier alpha value is -3.21. The van der Waals surface area contributed by atoms with Crippen LogP contribution in [0.4, 0.5) is 0 Å². The number of aromatic amines is 1. The molecule has 0 bridgehead atoms. The molecule has 0 aliphatic heterocycles. The molecule has 0 aliphatic rings. The Bertz CT molecular complexity index is 1010. The first-order valence-electron chi connectivity index (χ1n) is 7.67. The van der Waals surface area contributed by atoms with Crippen LogP contribution in [0.15, 0.2) is 48.7 Å². The third-order valence-electron chi connectivity index (χ3n) is 3.65. The maximum Gasteiger partial charge on any atom is 0.120 e. The first-order chi connectivity index (χ1) is 11.6. The molecule has 3 aromatic heterocycles. The Morgan fingerprint density at radius 2 is 2.00 bits per heavy atom. The standard InChI is InChI=1S/C19H19N5/c1-4-6-15(20)18-12(2)9-10-16(23-18)14-11-21-24-19(14)17-8-5-7-13(3)22-17/h4-11H,2,20H2,1,3H3,(H,21,24)/b6-4-,18-15-. The van der Waals surface area contributed by atoms with Crippen LogP contribution in [-0.2, 0) is 0 Å². The fourth-order valence-electron chi connectivity index (χ4n) is 2.50. The van der Waals surface area contributed by atoms with Gasteiger partial charge in [0, 0.05) is 17.5 Å². The van der Waals surface area contributed by atoms with Gasteiger partial charge in [0.05, 0.1) is 22.4 Å². The lowest BCUT2D eigenvalue weighted by molar-refractivity contribution is 1.08. The van der Waals surface area contributed by atoms with Gasteiger partial charge in [-0.25, -0.2) is 4.98 Å². The van der Waals surface area contributed by atoms with Crippen molar-refractivity contribution in [3.63, 3.8) is 0 Å². The zero-order valence-corrected chi connectivity index (χ0v) is 13.7. The third-order valence-corrected chi connectivity index (χ3v) is 3.65. The summed E-state index contributed by atoms with van der Waals surface area (Å²) >= 11 is 0. The molecule has 24 heavy (non-hydrogen) atoms. The van der Waals surface area contributed by atoms with Gasteiger partial charge in [0.2, 0.25) is 0 Å². The number of nitrogens with one attached hydrogen (secondary N) is 1. The molecule has 0 atom stereocenters. The highest BCUT2D eigenvalue weighted by molar-refractivity contribution is 5.76. The summed E-state index contributed by atoms with van der Waals surface area (Å²) in [5, 5.41) is 8.71. The van der Waals surface area contributed by atoms with Gasteiger partial charge in [-0.2, -0.15) is 5.10 Å². The Balaban J connectivity index is 2.19. The van der Waals surface area contributed by atoms with Crippen molar-refractivity contribution in [1.82, 2.24) is 20.2 Å². The molecule has 5 heteroatoms. The minimum Gasteiger partial charge on any atom is -0.397 e. The third kappa shape index (κ3) is 2.96. The molecule has 0 aliphatic carbocycles. The van der Waals surface area contributed by atoms with Gasteiger partial charge in [-0.05, 0) is 43.3 Å². The van der Waals surface area contributed by atoms with Crippen molar-refractivity contribution < 1.29 is 0 Å². The van der Waals surface area contributed by atoms with Crippen molar-refractivity contribution in [1.29, 1.82) is 0 Å². The Kier molecular flexibility index (Phi) is 4.24. The number of nitrogens with two attached hydrogens (primary N) is 1. The van der Waals surface area contributed by atoms with Crippen LogP contribution in [0.3, 0.4) is 0 Å². The van der Waals surface area contributed by atoms with E-state index in [9.17, 15) is 0 Å². The molecule has 0 radical (unpaired) electrons. The molecule has 3 rings (SSSR count). The smallest absolute Gasteiger partial charge is 0.120 e. The van der Waals surface area contributed by atoms with Crippen LogP contribution in [0.5, 0.6) is 0 Å². The van der Waals surface area contributed by atoms with Gasteiger partial charge in [0.25, 0.3) is 0 Å². The van der Waals surface area contributed by atoms with Crippen LogP contribution >= 0.6 is 0 Å². The largest absolute Gasteiger partial charge is 0.397 e. The zero-order chi connectivity index (χ0) is 17.1. The Labute approximate surface area is 140 Å². The number of H-pyrrole nitrogens is 1. The molecule has 0 amide bonds. The maximum atomic E-state index is 6.09. The Morgan fingerprint density at radius 3 is 2.75 bits per heavy atom.